The lowest BCUT2D eigenvalue weighted by Gasteiger charge is -2.03. The number of carbonyl (C=O) groups is 1. The number of ether oxygens (including phenoxy) is 1. The summed E-state index contributed by atoms with van der Waals surface area (Å²) in [5.41, 5.74) is 3.13. The molecule has 1 aromatic heterocycles. The fraction of sp³-hybridized carbons (Fsp3) is 0.500. The van der Waals surface area contributed by atoms with Gasteiger partial charge in [0.05, 0.1) is 17.0 Å². The second-order valence-electron chi connectivity index (χ2n) is 3.41. The summed E-state index contributed by atoms with van der Waals surface area (Å²) in [4.78, 5) is 11.4. The Balaban J connectivity index is 2.54. The average Bonchev–Trinajstić information content (AvgIpc) is 2.55. The van der Waals surface area contributed by atoms with Crippen LogP contribution in [0.1, 0.15) is 40.7 Å². The Morgan fingerprint density at radius 2 is 2.21 bits per heavy atom. The van der Waals surface area contributed by atoms with E-state index < -0.39 is 0 Å². The van der Waals surface area contributed by atoms with Crippen molar-refractivity contribution in [3.8, 4) is 0 Å². The number of rotatable bonds is 2. The minimum Gasteiger partial charge on any atom is -0.457 e. The Hall–Kier alpha value is -1.45. The van der Waals surface area contributed by atoms with Gasteiger partial charge >= 0.3 is 5.97 Å². The summed E-state index contributed by atoms with van der Waals surface area (Å²) in [6.07, 6.45) is 1.74. The van der Waals surface area contributed by atoms with Crippen molar-refractivity contribution in [2.24, 2.45) is 0 Å². The quantitative estimate of drug-likeness (QED) is 0.665. The van der Waals surface area contributed by atoms with E-state index in [0.29, 0.717) is 12.2 Å². The van der Waals surface area contributed by atoms with E-state index >= 15 is 0 Å². The van der Waals surface area contributed by atoms with Crippen LogP contribution in [-0.2, 0) is 17.8 Å². The van der Waals surface area contributed by atoms with E-state index in [1.807, 2.05) is 13.8 Å². The topological polar surface area (TPSA) is 52.1 Å². The average molecular weight is 192 g/mol. The van der Waals surface area contributed by atoms with E-state index in [0.717, 1.165) is 29.8 Å². The fourth-order valence-corrected chi connectivity index (χ4v) is 1.64. The molecule has 1 aliphatic rings. The van der Waals surface area contributed by atoms with Gasteiger partial charge in [-0.05, 0) is 13.3 Å². The number of carbonyl (C=O) groups excluding carboxylic acids is 1. The molecule has 0 fully saturated rings. The first-order valence-corrected chi connectivity index (χ1v) is 4.76. The fourth-order valence-electron chi connectivity index (χ4n) is 1.64. The second-order valence-corrected chi connectivity index (χ2v) is 3.41. The number of aromatic nitrogens is 2. The van der Waals surface area contributed by atoms with Crippen molar-refractivity contribution < 1.29 is 9.53 Å². The zero-order chi connectivity index (χ0) is 10.1. The summed E-state index contributed by atoms with van der Waals surface area (Å²) in [6, 6.07) is 0. The van der Waals surface area contributed by atoms with E-state index in [9.17, 15) is 4.79 Å². The van der Waals surface area contributed by atoms with E-state index in [1.54, 1.807) is 0 Å². The van der Waals surface area contributed by atoms with Gasteiger partial charge in [0.2, 0.25) is 0 Å². The van der Waals surface area contributed by atoms with Crippen molar-refractivity contribution >= 4 is 5.97 Å². The molecule has 0 amide bonds. The Morgan fingerprint density at radius 1 is 1.43 bits per heavy atom. The summed E-state index contributed by atoms with van der Waals surface area (Å²) in [6.45, 7) is 4.25. The lowest BCUT2D eigenvalue weighted by molar-refractivity contribution is 0.0534. The lowest BCUT2D eigenvalue weighted by Crippen LogP contribution is -2.06. The van der Waals surface area contributed by atoms with Gasteiger partial charge in [-0.3, -0.25) is 0 Å². The van der Waals surface area contributed by atoms with Gasteiger partial charge in [-0.1, -0.05) is 13.3 Å². The summed E-state index contributed by atoms with van der Waals surface area (Å²) in [5.74, 6) is -0.249. The molecule has 1 aromatic rings. The van der Waals surface area contributed by atoms with Gasteiger partial charge in [0, 0.05) is 5.56 Å². The van der Waals surface area contributed by atoms with E-state index in [2.05, 4.69) is 10.2 Å². The van der Waals surface area contributed by atoms with Crippen molar-refractivity contribution in [2.45, 2.75) is 33.3 Å². The minimum absolute atomic E-state index is 0.249. The molecule has 4 nitrogen and oxygen atoms in total. The Bertz CT molecular complexity index is 388. The van der Waals surface area contributed by atoms with E-state index in [4.69, 9.17) is 4.74 Å². The molecule has 0 unspecified atom stereocenters. The highest BCUT2D eigenvalue weighted by molar-refractivity contribution is 5.94. The monoisotopic (exact) mass is 192 g/mol. The smallest absolute Gasteiger partial charge is 0.340 e. The number of hydrogen-bond donors (Lipinski definition) is 0. The number of esters is 1. The highest BCUT2D eigenvalue weighted by Gasteiger charge is 2.27. The van der Waals surface area contributed by atoms with E-state index in [-0.39, 0.29) is 5.97 Å². The molecule has 0 bridgehead atoms. The molecule has 74 valence electrons. The number of fused-ring (bicyclic) bond motifs is 1. The normalized spacial score (nSPS) is 14.0. The number of nitrogens with zero attached hydrogens (tertiary/aromatic N) is 2. The summed E-state index contributed by atoms with van der Waals surface area (Å²) >= 11 is 0. The molecular formula is C10H12N2O2. The summed E-state index contributed by atoms with van der Waals surface area (Å²) in [7, 11) is 0. The van der Waals surface area contributed by atoms with Crippen molar-refractivity contribution in [1.29, 1.82) is 0 Å². The zero-order valence-corrected chi connectivity index (χ0v) is 8.33. The van der Waals surface area contributed by atoms with Crippen LogP contribution in [0.2, 0.25) is 0 Å². The van der Waals surface area contributed by atoms with Gasteiger partial charge < -0.3 is 4.74 Å². The standard InChI is InChI=1S/C10H12N2O2/c1-3-4-8-9-7(5-14-10(9)13)6(2)11-12-8/h3-5H2,1-2H3. The molecule has 0 saturated heterocycles. The van der Waals surface area contributed by atoms with Crippen molar-refractivity contribution in [2.75, 3.05) is 0 Å². The molecule has 0 aliphatic carbocycles. The van der Waals surface area contributed by atoms with Crippen LogP contribution in [0.5, 0.6) is 0 Å². The van der Waals surface area contributed by atoms with Crippen molar-refractivity contribution in [3.05, 3.63) is 22.5 Å². The molecule has 0 saturated carbocycles. The van der Waals surface area contributed by atoms with Gasteiger partial charge in [-0.2, -0.15) is 10.2 Å². The number of aryl methyl sites for hydroxylation is 2. The predicted octanol–water partition coefficient (Wildman–Crippen LogP) is 1.41. The van der Waals surface area contributed by atoms with Crippen LogP contribution >= 0.6 is 0 Å². The highest BCUT2D eigenvalue weighted by atomic mass is 16.5. The van der Waals surface area contributed by atoms with Crippen LogP contribution in [0.15, 0.2) is 0 Å². The van der Waals surface area contributed by atoms with Gasteiger partial charge in [0.25, 0.3) is 0 Å². The first-order chi connectivity index (χ1) is 6.74. The van der Waals surface area contributed by atoms with Crippen LogP contribution in [0.25, 0.3) is 0 Å². The van der Waals surface area contributed by atoms with Gasteiger partial charge in [0.15, 0.2) is 0 Å². The number of cyclic esters (lactones) is 1. The summed E-state index contributed by atoms with van der Waals surface area (Å²) in [5, 5.41) is 8.06. The molecule has 0 radical (unpaired) electrons. The largest absolute Gasteiger partial charge is 0.457 e. The third-order valence-electron chi connectivity index (χ3n) is 2.39. The molecule has 2 rings (SSSR count). The maximum absolute atomic E-state index is 11.4. The van der Waals surface area contributed by atoms with Gasteiger partial charge in [-0.25, -0.2) is 4.79 Å². The molecule has 0 atom stereocenters. The maximum atomic E-state index is 11.4. The second kappa shape index (κ2) is 3.36. The van der Waals surface area contributed by atoms with Gasteiger partial charge in [-0.15, -0.1) is 0 Å². The molecule has 0 N–H and O–H groups in total. The third kappa shape index (κ3) is 1.27. The molecular weight excluding hydrogens is 180 g/mol. The molecule has 0 spiro atoms. The highest BCUT2D eigenvalue weighted by Crippen LogP contribution is 2.24. The molecule has 2 heterocycles. The first-order valence-electron chi connectivity index (χ1n) is 4.76. The van der Waals surface area contributed by atoms with Crippen molar-refractivity contribution in [3.63, 3.8) is 0 Å². The van der Waals surface area contributed by atoms with Crippen molar-refractivity contribution in [1.82, 2.24) is 10.2 Å². The SMILES string of the molecule is CCCc1nnc(C)c2c1C(=O)OC2. The van der Waals surface area contributed by atoms with Crippen LogP contribution in [0.4, 0.5) is 0 Å². The molecule has 14 heavy (non-hydrogen) atoms. The maximum Gasteiger partial charge on any atom is 0.340 e. The van der Waals surface area contributed by atoms with Crippen LogP contribution in [-0.4, -0.2) is 16.2 Å². The van der Waals surface area contributed by atoms with Gasteiger partial charge in [0.1, 0.15) is 6.61 Å². The van der Waals surface area contributed by atoms with Crippen LogP contribution < -0.4 is 0 Å². The molecule has 4 heteroatoms. The molecule has 1 aliphatic heterocycles. The Kier molecular flexibility index (Phi) is 2.19. The molecule has 0 aromatic carbocycles. The van der Waals surface area contributed by atoms with Crippen LogP contribution in [0, 0.1) is 6.92 Å². The zero-order valence-electron chi connectivity index (χ0n) is 8.33. The Labute approximate surface area is 82.3 Å². The minimum atomic E-state index is -0.249. The third-order valence-corrected chi connectivity index (χ3v) is 2.39. The number of hydrogen-bond acceptors (Lipinski definition) is 4. The Morgan fingerprint density at radius 3 is 2.93 bits per heavy atom. The first kappa shape index (κ1) is 9.12. The lowest BCUT2D eigenvalue weighted by atomic mass is 10.1. The summed E-state index contributed by atoms with van der Waals surface area (Å²) < 4.78 is 4.97. The van der Waals surface area contributed by atoms with Crippen LogP contribution in [0.3, 0.4) is 0 Å². The predicted molar refractivity (Wildman–Crippen MR) is 49.9 cm³/mol. The van der Waals surface area contributed by atoms with E-state index in [1.165, 1.54) is 0 Å².